The summed E-state index contributed by atoms with van der Waals surface area (Å²) in [7, 11) is 4.01. The van der Waals surface area contributed by atoms with Crippen molar-refractivity contribution in [2.45, 2.75) is 58.9 Å². The largest absolute Gasteiger partial charge is 0.351 e. The number of amides is 2. The lowest BCUT2D eigenvalue weighted by Gasteiger charge is -2.34. The number of carbonyl (C=O) groups excluding carboxylic acids is 2. The van der Waals surface area contributed by atoms with Crippen LogP contribution < -0.4 is 16.4 Å². The maximum Gasteiger partial charge on any atom is 0.266 e. The second-order valence-corrected chi connectivity index (χ2v) is 11.9. The van der Waals surface area contributed by atoms with Crippen LogP contribution in [0.3, 0.4) is 0 Å². The van der Waals surface area contributed by atoms with E-state index < -0.39 is 0 Å². The summed E-state index contributed by atoms with van der Waals surface area (Å²) in [6.07, 6.45) is 4.28. The summed E-state index contributed by atoms with van der Waals surface area (Å²) in [5, 5.41) is 6.00. The lowest BCUT2D eigenvalue weighted by atomic mass is 9.71. The molecule has 0 spiro atoms. The van der Waals surface area contributed by atoms with E-state index in [1.807, 2.05) is 32.3 Å². The molecule has 0 fully saturated rings. The van der Waals surface area contributed by atoms with Gasteiger partial charge in [0.1, 0.15) is 5.71 Å². The van der Waals surface area contributed by atoms with E-state index >= 15 is 0 Å². The molecule has 4 rings (SSSR count). The Morgan fingerprint density at radius 1 is 1.16 bits per heavy atom. The predicted octanol–water partition coefficient (Wildman–Crippen LogP) is 3.36. The summed E-state index contributed by atoms with van der Waals surface area (Å²) in [6.45, 7) is 8.49. The van der Waals surface area contributed by atoms with Gasteiger partial charge in [-0.15, -0.1) is 0 Å². The van der Waals surface area contributed by atoms with Crippen LogP contribution in [0, 0.1) is 11.3 Å². The van der Waals surface area contributed by atoms with Crippen molar-refractivity contribution in [1.29, 1.82) is 0 Å². The lowest BCUT2D eigenvalue weighted by Crippen LogP contribution is -2.36. The minimum absolute atomic E-state index is 0.172. The number of aliphatic imine (C=N–C) groups is 1. The van der Waals surface area contributed by atoms with E-state index in [1.165, 1.54) is 5.56 Å². The van der Waals surface area contributed by atoms with Crippen molar-refractivity contribution in [2.75, 3.05) is 33.7 Å². The summed E-state index contributed by atoms with van der Waals surface area (Å²) in [4.78, 5) is 37.7. The van der Waals surface area contributed by atoms with Crippen molar-refractivity contribution in [1.82, 2.24) is 20.5 Å². The number of aromatic nitrogens is 1. The molecule has 2 amide bonds. The molecular weight excluding hydrogens is 476 g/mol. The summed E-state index contributed by atoms with van der Waals surface area (Å²) in [5.41, 5.74) is 11.9. The molecule has 38 heavy (non-hydrogen) atoms. The number of pyridine rings is 1. The van der Waals surface area contributed by atoms with E-state index in [1.54, 1.807) is 6.07 Å². The second kappa shape index (κ2) is 11.7. The number of rotatable bonds is 9. The van der Waals surface area contributed by atoms with Crippen LogP contribution in [-0.2, 0) is 24.1 Å². The van der Waals surface area contributed by atoms with Gasteiger partial charge in [0, 0.05) is 30.8 Å². The Bertz CT molecular complexity index is 1210. The van der Waals surface area contributed by atoms with Crippen LogP contribution in [-0.4, -0.2) is 61.1 Å². The molecule has 2 heterocycles. The third-order valence-electron chi connectivity index (χ3n) is 7.67. The number of nitrogens with zero attached hydrogens (tertiary/aromatic N) is 3. The van der Waals surface area contributed by atoms with Crippen molar-refractivity contribution >= 4 is 23.2 Å². The molecule has 0 bridgehead atoms. The number of nitrogens with one attached hydrogen (secondary N) is 2. The first kappa shape index (κ1) is 27.9. The summed E-state index contributed by atoms with van der Waals surface area (Å²) in [6, 6.07) is 9.32. The molecule has 1 aromatic carbocycles. The minimum atomic E-state index is -0.257. The average molecular weight is 519 g/mol. The van der Waals surface area contributed by atoms with Gasteiger partial charge in [-0.25, -0.2) is 4.99 Å². The monoisotopic (exact) mass is 518 g/mol. The second-order valence-electron chi connectivity index (χ2n) is 11.9. The van der Waals surface area contributed by atoms with E-state index in [0.717, 1.165) is 48.4 Å². The van der Waals surface area contributed by atoms with Crippen LogP contribution in [0.5, 0.6) is 0 Å². The number of hydrogen-bond acceptors (Lipinski definition) is 6. The zero-order chi connectivity index (χ0) is 27.4. The number of benzene rings is 1. The van der Waals surface area contributed by atoms with Gasteiger partial charge in [0.2, 0.25) is 0 Å². The van der Waals surface area contributed by atoms with Gasteiger partial charge in [-0.1, -0.05) is 32.9 Å². The van der Waals surface area contributed by atoms with Crippen LogP contribution in [0.1, 0.15) is 72.5 Å². The van der Waals surface area contributed by atoms with Crippen LogP contribution in [0.15, 0.2) is 35.3 Å². The molecule has 8 heteroatoms. The Kier molecular flexibility index (Phi) is 8.63. The molecule has 2 atom stereocenters. The summed E-state index contributed by atoms with van der Waals surface area (Å²) >= 11 is 0. The Morgan fingerprint density at radius 2 is 1.95 bits per heavy atom. The molecule has 0 saturated heterocycles. The molecule has 0 unspecified atom stereocenters. The molecule has 0 saturated carbocycles. The fourth-order valence-corrected chi connectivity index (χ4v) is 5.27. The molecule has 1 aliphatic heterocycles. The van der Waals surface area contributed by atoms with Gasteiger partial charge in [0.05, 0.1) is 17.4 Å². The van der Waals surface area contributed by atoms with E-state index in [0.29, 0.717) is 43.1 Å². The van der Waals surface area contributed by atoms with Gasteiger partial charge >= 0.3 is 0 Å². The molecule has 2 aliphatic rings. The third kappa shape index (κ3) is 6.66. The van der Waals surface area contributed by atoms with E-state index in [4.69, 9.17) is 15.7 Å². The Labute approximate surface area is 226 Å². The molecule has 1 aromatic heterocycles. The van der Waals surface area contributed by atoms with Crippen LogP contribution in [0.2, 0.25) is 0 Å². The molecule has 204 valence electrons. The van der Waals surface area contributed by atoms with Gasteiger partial charge < -0.3 is 21.3 Å². The van der Waals surface area contributed by atoms with Crippen molar-refractivity contribution < 1.29 is 9.59 Å². The predicted molar refractivity (Wildman–Crippen MR) is 152 cm³/mol. The number of carbonyl (C=O) groups is 2. The first-order chi connectivity index (χ1) is 18.0. The van der Waals surface area contributed by atoms with E-state index in [9.17, 15) is 9.59 Å². The minimum Gasteiger partial charge on any atom is -0.351 e. The first-order valence-electron chi connectivity index (χ1n) is 13.7. The highest BCUT2D eigenvalue weighted by atomic mass is 16.2. The lowest BCUT2D eigenvalue weighted by molar-refractivity contribution is -0.115. The normalized spacial score (nSPS) is 17.4. The molecule has 0 radical (unpaired) electrons. The zero-order valence-corrected chi connectivity index (χ0v) is 23.4. The van der Waals surface area contributed by atoms with Gasteiger partial charge in [-0.05, 0) is 87.0 Å². The molecule has 1 aliphatic carbocycles. The Hall–Kier alpha value is -3.10. The van der Waals surface area contributed by atoms with Crippen molar-refractivity contribution in [3.63, 3.8) is 0 Å². The molecule has 8 nitrogen and oxygen atoms in total. The quantitative estimate of drug-likeness (QED) is 0.471. The van der Waals surface area contributed by atoms with Gasteiger partial charge in [-0.2, -0.15) is 0 Å². The van der Waals surface area contributed by atoms with E-state index in [-0.39, 0.29) is 23.3 Å². The fourth-order valence-electron chi connectivity index (χ4n) is 5.27. The molecule has 4 N–H and O–H groups in total. The fraction of sp³-hybridized carbons (Fsp3) is 0.533. The van der Waals surface area contributed by atoms with Crippen molar-refractivity contribution in [3.05, 3.63) is 58.4 Å². The number of aryl methyl sites for hydroxylation is 1. The standard InChI is InChI=1S/C30H42N6O2/c1-30(2,3)22-9-10-23-21(16-22)17-25-26(33-23)18-27(34-25)29(38)35-24(11-14-36(4)5)19-7-6-8-20(15-19)28(37)32-13-12-31/h6-8,15,17,22,24H,9-14,16,18,31H2,1-5H3,(H,32,37)(H,35,38)/t22-,24+/m0/s1. The smallest absolute Gasteiger partial charge is 0.266 e. The summed E-state index contributed by atoms with van der Waals surface area (Å²) < 4.78 is 0. The summed E-state index contributed by atoms with van der Waals surface area (Å²) in [5.74, 6) is 0.262. The maximum atomic E-state index is 13.4. The van der Waals surface area contributed by atoms with Crippen LogP contribution in [0.4, 0.5) is 5.69 Å². The van der Waals surface area contributed by atoms with Crippen molar-refractivity contribution in [2.24, 2.45) is 22.1 Å². The van der Waals surface area contributed by atoms with Gasteiger partial charge in [0.15, 0.2) is 0 Å². The van der Waals surface area contributed by atoms with E-state index in [2.05, 4.69) is 42.4 Å². The topological polar surface area (TPSA) is 113 Å². The number of fused-ring (bicyclic) bond motifs is 2. The molecular formula is C30H42N6O2. The zero-order valence-electron chi connectivity index (χ0n) is 23.4. The Balaban J connectivity index is 1.51. The highest BCUT2D eigenvalue weighted by molar-refractivity contribution is 6.40. The first-order valence-corrected chi connectivity index (χ1v) is 13.7. The van der Waals surface area contributed by atoms with Gasteiger partial charge in [-0.3, -0.25) is 14.6 Å². The Morgan fingerprint density at radius 3 is 2.66 bits per heavy atom. The van der Waals surface area contributed by atoms with Crippen LogP contribution >= 0.6 is 0 Å². The SMILES string of the molecule is CN(C)CC[C@@H](NC(=O)C1=Nc2cc3c(nc2C1)CC[C@H](C(C)(C)C)C3)c1cccc(C(=O)NCCN)c1. The van der Waals surface area contributed by atoms with Gasteiger partial charge in [0.25, 0.3) is 11.8 Å². The van der Waals surface area contributed by atoms with Crippen LogP contribution in [0.25, 0.3) is 0 Å². The number of hydrogen-bond donors (Lipinski definition) is 3. The maximum absolute atomic E-state index is 13.4. The average Bonchev–Trinajstić information content (AvgIpc) is 3.30. The third-order valence-corrected chi connectivity index (χ3v) is 7.67. The highest BCUT2D eigenvalue weighted by Crippen LogP contribution is 2.39. The number of nitrogens with two attached hydrogens (primary N) is 1. The highest BCUT2D eigenvalue weighted by Gasteiger charge is 2.32. The van der Waals surface area contributed by atoms with Crippen molar-refractivity contribution in [3.8, 4) is 0 Å². The molecule has 2 aromatic rings.